The maximum absolute atomic E-state index is 3.53. The van der Waals surface area contributed by atoms with Crippen molar-refractivity contribution in [2.45, 2.75) is 90.4 Å². The molecule has 0 aromatic rings. The quantitative estimate of drug-likeness (QED) is 0.134. The molecule has 0 heterocycles. The maximum atomic E-state index is 3.53. The average molecular weight is 490 g/mol. The molecule has 0 saturated heterocycles. The van der Waals surface area contributed by atoms with E-state index < -0.39 is 0 Å². The average Bonchev–Trinajstić information content (AvgIpc) is 2.46. The van der Waals surface area contributed by atoms with Crippen LogP contribution in [0.25, 0.3) is 0 Å². The zero-order valence-corrected chi connectivity index (χ0v) is 19.3. The lowest BCUT2D eigenvalue weighted by atomic mass is 10.1. The second kappa shape index (κ2) is 18.5. The highest BCUT2D eigenvalue weighted by atomic mass is 127. The van der Waals surface area contributed by atoms with Crippen molar-refractivity contribution in [3.63, 3.8) is 0 Å². The highest BCUT2D eigenvalue weighted by Gasteiger charge is 2.12. The molecule has 3 heteroatoms. The number of alkyl halides is 1. The van der Waals surface area contributed by atoms with Gasteiger partial charge in [-0.2, -0.15) is 0 Å². The summed E-state index contributed by atoms with van der Waals surface area (Å²) in [4.78, 5) is 0. The molecule has 0 atom stereocenters. The van der Waals surface area contributed by atoms with Gasteiger partial charge < -0.3 is 28.5 Å². The van der Waals surface area contributed by atoms with Crippen LogP contribution in [-0.2, 0) is 0 Å². The molecule has 0 aromatic carbocycles. The van der Waals surface area contributed by atoms with Gasteiger partial charge in [0.2, 0.25) is 0 Å². The Bertz CT molecular complexity index is 210. The first-order chi connectivity index (χ1) is 10.1. The van der Waals surface area contributed by atoms with Crippen molar-refractivity contribution in [3.05, 3.63) is 0 Å². The summed E-state index contributed by atoms with van der Waals surface area (Å²) in [6, 6.07) is 0. The molecular weight excluding hydrogens is 449 g/mol. The number of halogens is 2. The van der Waals surface area contributed by atoms with Gasteiger partial charge in [0.05, 0.1) is 27.2 Å². The fourth-order valence-corrected chi connectivity index (χ4v) is 3.23. The Hall–Kier alpha value is 1.17. The van der Waals surface area contributed by atoms with Gasteiger partial charge in [-0.15, -0.1) is 0 Å². The number of quaternary nitrogens is 1. The molecule has 0 aliphatic heterocycles. The van der Waals surface area contributed by atoms with Crippen LogP contribution in [-0.4, -0.2) is 37.0 Å². The molecule has 0 amide bonds. The van der Waals surface area contributed by atoms with E-state index >= 15 is 0 Å². The Balaban J connectivity index is 0. The Kier molecular flexibility index (Phi) is 21.4. The first-order valence-corrected chi connectivity index (χ1v) is 10.6. The smallest absolute Gasteiger partial charge is 0.0790 e. The first-order valence-electron chi connectivity index (χ1n) is 9.50. The largest absolute Gasteiger partial charge is 1.00 e. The lowest BCUT2D eigenvalue weighted by Crippen LogP contribution is -3.00. The lowest BCUT2D eigenvalue weighted by molar-refractivity contribution is -0.890. The van der Waals surface area contributed by atoms with E-state index in [9.17, 15) is 0 Å². The molecule has 0 bridgehead atoms. The fourth-order valence-electron chi connectivity index (χ4n) is 2.98. The molecule has 1 nitrogen and oxygen atoms in total. The van der Waals surface area contributed by atoms with Gasteiger partial charge in [0.25, 0.3) is 0 Å². The predicted octanol–water partition coefficient (Wildman–Crippen LogP) is 3.55. The van der Waals surface area contributed by atoms with Crippen LogP contribution in [0.15, 0.2) is 0 Å². The van der Waals surface area contributed by atoms with Gasteiger partial charge in [-0.05, 0) is 12.8 Å². The Morgan fingerprint density at radius 2 is 0.955 bits per heavy atom. The molecule has 0 radical (unpaired) electrons. The molecule has 0 saturated carbocycles. The molecule has 0 fully saturated rings. The minimum atomic E-state index is 0. The van der Waals surface area contributed by atoms with E-state index in [0.29, 0.717) is 0 Å². The second-order valence-corrected chi connectivity index (χ2v) is 8.11. The monoisotopic (exact) mass is 489 g/mol. The summed E-state index contributed by atoms with van der Waals surface area (Å²) < 4.78 is 1.20. The molecule has 22 heavy (non-hydrogen) atoms. The van der Waals surface area contributed by atoms with Crippen LogP contribution >= 0.6 is 15.9 Å². The molecular formula is C19H41BrIN. The molecule has 136 valence electrons. The van der Waals surface area contributed by atoms with E-state index in [0.717, 1.165) is 5.33 Å². The maximum Gasteiger partial charge on any atom is 0.0790 e. The predicted molar refractivity (Wildman–Crippen MR) is 101 cm³/mol. The summed E-state index contributed by atoms with van der Waals surface area (Å²) in [6.45, 7) is 4.95. The fraction of sp³-hybridized carbons (Fsp3) is 1.00. The minimum absolute atomic E-state index is 0. The summed E-state index contributed by atoms with van der Waals surface area (Å²) in [6.07, 6.45) is 18.7. The van der Waals surface area contributed by atoms with Gasteiger partial charge in [-0.1, -0.05) is 87.1 Å². The van der Waals surface area contributed by atoms with Crippen molar-refractivity contribution in [1.82, 2.24) is 0 Å². The van der Waals surface area contributed by atoms with E-state index in [1.54, 1.807) is 0 Å². The van der Waals surface area contributed by atoms with Gasteiger partial charge in [0.15, 0.2) is 0 Å². The highest BCUT2D eigenvalue weighted by Crippen LogP contribution is 2.13. The van der Waals surface area contributed by atoms with E-state index in [4.69, 9.17) is 0 Å². The van der Waals surface area contributed by atoms with E-state index in [-0.39, 0.29) is 24.0 Å². The summed E-state index contributed by atoms with van der Waals surface area (Å²) in [5.41, 5.74) is 0. The Labute approximate surface area is 166 Å². The van der Waals surface area contributed by atoms with Crippen LogP contribution in [0.5, 0.6) is 0 Å². The van der Waals surface area contributed by atoms with Gasteiger partial charge in [-0.3, -0.25) is 0 Å². The Morgan fingerprint density at radius 3 is 1.36 bits per heavy atom. The van der Waals surface area contributed by atoms with Crippen LogP contribution in [0.1, 0.15) is 90.4 Å². The van der Waals surface area contributed by atoms with Gasteiger partial charge in [0, 0.05) is 11.8 Å². The van der Waals surface area contributed by atoms with Gasteiger partial charge in [0.1, 0.15) is 0 Å². The molecule has 0 rings (SSSR count). The van der Waals surface area contributed by atoms with Crippen LogP contribution in [0.2, 0.25) is 0 Å². The van der Waals surface area contributed by atoms with E-state index in [1.165, 1.54) is 101 Å². The lowest BCUT2D eigenvalue weighted by Gasteiger charge is -2.29. The van der Waals surface area contributed by atoms with Gasteiger partial charge in [-0.25, -0.2) is 0 Å². The topological polar surface area (TPSA) is 0 Å². The number of hydrogen-bond donors (Lipinski definition) is 0. The molecule has 0 spiro atoms. The minimum Gasteiger partial charge on any atom is -1.00 e. The van der Waals surface area contributed by atoms with Crippen molar-refractivity contribution in [1.29, 1.82) is 0 Å². The van der Waals surface area contributed by atoms with E-state index in [2.05, 4.69) is 36.9 Å². The van der Waals surface area contributed by atoms with Crippen LogP contribution in [0.3, 0.4) is 0 Å². The zero-order valence-electron chi connectivity index (χ0n) is 15.5. The summed E-state index contributed by atoms with van der Waals surface area (Å²) in [7, 11) is 4.75. The number of rotatable bonds is 16. The van der Waals surface area contributed by atoms with Gasteiger partial charge >= 0.3 is 0 Å². The van der Waals surface area contributed by atoms with Crippen molar-refractivity contribution in [2.75, 3.05) is 32.5 Å². The van der Waals surface area contributed by atoms with Crippen molar-refractivity contribution in [3.8, 4) is 0 Å². The highest BCUT2D eigenvalue weighted by molar-refractivity contribution is 9.09. The summed E-state index contributed by atoms with van der Waals surface area (Å²) >= 11 is 3.53. The van der Waals surface area contributed by atoms with Crippen molar-refractivity contribution in [2.24, 2.45) is 0 Å². The van der Waals surface area contributed by atoms with Crippen LogP contribution < -0.4 is 24.0 Å². The first kappa shape index (κ1) is 25.4. The SMILES string of the molecule is CCCCCCCCCCCCCC[N+](C)(C)CCCBr.[I-]. The third kappa shape index (κ3) is 19.2. The molecule has 0 unspecified atom stereocenters. The van der Waals surface area contributed by atoms with Crippen molar-refractivity contribution >= 4 is 15.9 Å². The molecule has 0 N–H and O–H groups in total. The molecule has 0 aromatic heterocycles. The number of unbranched alkanes of at least 4 members (excludes halogenated alkanes) is 11. The zero-order chi connectivity index (χ0) is 15.8. The number of nitrogens with zero attached hydrogens (tertiary/aromatic N) is 1. The standard InChI is InChI=1S/C19H41BrN.HI/c1-4-5-6-7-8-9-10-11-12-13-14-15-18-21(2,3)19-16-17-20;/h4-19H2,1-3H3;1H/q+1;/p-1. The third-order valence-electron chi connectivity index (χ3n) is 4.51. The number of hydrogen-bond acceptors (Lipinski definition) is 0. The molecule has 0 aliphatic rings. The third-order valence-corrected chi connectivity index (χ3v) is 5.07. The summed E-state index contributed by atoms with van der Waals surface area (Å²) in [5, 5.41) is 1.15. The summed E-state index contributed by atoms with van der Waals surface area (Å²) in [5.74, 6) is 0. The normalized spacial score (nSPS) is 11.5. The Morgan fingerprint density at radius 1 is 0.591 bits per heavy atom. The molecule has 0 aliphatic carbocycles. The van der Waals surface area contributed by atoms with Crippen molar-refractivity contribution < 1.29 is 28.5 Å². The van der Waals surface area contributed by atoms with E-state index in [1.807, 2.05) is 0 Å². The van der Waals surface area contributed by atoms with Crippen LogP contribution in [0, 0.1) is 0 Å². The van der Waals surface area contributed by atoms with Crippen LogP contribution in [0.4, 0.5) is 0 Å². The second-order valence-electron chi connectivity index (χ2n) is 7.31.